The van der Waals surface area contributed by atoms with E-state index in [1.165, 1.54) is 7.11 Å². The Balaban J connectivity index is 0.00000264. The Morgan fingerprint density at radius 1 is 1.43 bits per heavy atom. The van der Waals surface area contributed by atoms with Gasteiger partial charge in [0.15, 0.2) is 5.96 Å². The van der Waals surface area contributed by atoms with Crippen LogP contribution < -0.4 is 5.32 Å². The molecule has 0 atom stereocenters. The first kappa shape index (κ1) is 19.7. The predicted molar refractivity (Wildman–Crippen MR) is 97.9 cm³/mol. The normalized spacial score (nSPS) is 16.0. The molecule has 0 amide bonds. The van der Waals surface area contributed by atoms with Crippen LogP contribution in [0.5, 0.6) is 0 Å². The smallest absolute Gasteiger partial charge is 0.308 e. The summed E-state index contributed by atoms with van der Waals surface area (Å²) in [7, 11) is 3.21. The van der Waals surface area contributed by atoms with E-state index in [1.807, 2.05) is 13.8 Å². The van der Waals surface area contributed by atoms with Gasteiger partial charge in [-0.2, -0.15) is 0 Å². The summed E-state index contributed by atoms with van der Waals surface area (Å²) < 4.78 is 9.98. The van der Waals surface area contributed by atoms with Crippen molar-refractivity contribution in [2.75, 3.05) is 27.2 Å². The third-order valence-corrected chi connectivity index (χ3v) is 4.15. The molecule has 8 heteroatoms. The number of methoxy groups -OCH3 is 1. The van der Waals surface area contributed by atoms with E-state index in [-0.39, 0.29) is 35.9 Å². The van der Waals surface area contributed by atoms with Crippen LogP contribution in [0.15, 0.2) is 9.52 Å². The molecule has 1 aromatic heterocycles. The summed E-state index contributed by atoms with van der Waals surface area (Å²) in [5.74, 6) is 1.55. The largest absolute Gasteiger partial charge is 0.469 e. The Morgan fingerprint density at radius 2 is 2.09 bits per heavy atom. The van der Waals surface area contributed by atoms with Crippen molar-refractivity contribution in [2.45, 2.75) is 33.2 Å². The molecule has 1 aliphatic heterocycles. The summed E-state index contributed by atoms with van der Waals surface area (Å²) in [5, 5.41) is 7.29. The number of hydrogen-bond donors (Lipinski definition) is 1. The number of ether oxygens (including phenoxy) is 1. The molecule has 23 heavy (non-hydrogen) atoms. The van der Waals surface area contributed by atoms with Gasteiger partial charge in [-0.1, -0.05) is 5.16 Å². The van der Waals surface area contributed by atoms with E-state index in [1.54, 1.807) is 7.05 Å². The highest BCUT2D eigenvalue weighted by atomic mass is 127. The fourth-order valence-corrected chi connectivity index (χ4v) is 2.75. The number of carbonyl (C=O) groups is 1. The van der Waals surface area contributed by atoms with E-state index in [4.69, 9.17) is 9.26 Å². The number of rotatable bonds is 3. The number of aliphatic imine (C=N–C) groups is 1. The third kappa shape index (κ3) is 4.82. The molecular formula is C15H25IN4O3. The van der Waals surface area contributed by atoms with Gasteiger partial charge in [0.1, 0.15) is 5.76 Å². The van der Waals surface area contributed by atoms with Crippen LogP contribution in [0.2, 0.25) is 0 Å². The first-order chi connectivity index (χ1) is 10.6. The third-order valence-electron chi connectivity index (χ3n) is 4.15. The first-order valence-corrected chi connectivity index (χ1v) is 7.52. The highest BCUT2D eigenvalue weighted by Gasteiger charge is 2.27. The topological polar surface area (TPSA) is 80.0 Å². The molecule has 7 nitrogen and oxygen atoms in total. The van der Waals surface area contributed by atoms with Gasteiger partial charge >= 0.3 is 5.97 Å². The molecule has 2 rings (SSSR count). The number of aryl methyl sites for hydroxylation is 2. The maximum Gasteiger partial charge on any atom is 0.308 e. The molecule has 1 fully saturated rings. The lowest BCUT2D eigenvalue weighted by atomic mass is 9.97. The Hall–Kier alpha value is -1.32. The van der Waals surface area contributed by atoms with Crippen LogP contribution in [0, 0.1) is 19.8 Å². The van der Waals surface area contributed by atoms with Gasteiger partial charge in [-0.15, -0.1) is 24.0 Å². The molecule has 0 saturated carbocycles. The van der Waals surface area contributed by atoms with E-state index >= 15 is 0 Å². The predicted octanol–water partition coefficient (Wildman–Crippen LogP) is 1.87. The van der Waals surface area contributed by atoms with Crippen molar-refractivity contribution >= 4 is 35.9 Å². The standard InChI is InChI=1S/C15H24N4O3.HI/c1-10-13(11(2)22-18-10)9-17-15(16-3)19-7-5-12(6-8-19)14(20)21-4;/h12H,5-9H2,1-4H3,(H,16,17);1H. The molecule has 0 aliphatic carbocycles. The molecule has 1 aliphatic rings. The van der Waals surface area contributed by atoms with Gasteiger partial charge in [-0.25, -0.2) is 0 Å². The summed E-state index contributed by atoms with van der Waals surface area (Å²) in [6.45, 7) is 6.05. The number of halogens is 1. The second-order valence-electron chi connectivity index (χ2n) is 5.49. The van der Waals surface area contributed by atoms with Gasteiger partial charge in [0, 0.05) is 32.2 Å². The Kier molecular flexibility index (Phi) is 7.80. The van der Waals surface area contributed by atoms with E-state index in [0.29, 0.717) is 6.54 Å². The van der Waals surface area contributed by atoms with Gasteiger partial charge in [0.05, 0.1) is 18.7 Å². The van der Waals surface area contributed by atoms with Crippen LogP contribution in [0.4, 0.5) is 0 Å². The molecule has 0 spiro atoms. The van der Waals surface area contributed by atoms with E-state index in [2.05, 4.69) is 20.4 Å². The minimum Gasteiger partial charge on any atom is -0.469 e. The minimum absolute atomic E-state index is 0. The maximum atomic E-state index is 11.6. The number of carbonyl (C=O) groups excluding carboxylic acids is 1. The van der Waals surface area contributed by atoms with Gasteiger partial charge in [-0.3, -0.25) is 9.79 Å². The number of guanidine groups is 1. The molecule has 0 radical (unpaired) electrons. The lowest BCUT2D eigenvalue weighted by molar-refractivity contribution is -0.146. The zero-order chi connectivity index (χ0) is 16.1. The van der Waals surface area contributed by atoms with Crippen LogP contribution in [0.1, 0.15) is 29.9 Å². The van der Waals surface area contributed by atoms with Gasteiger partial charge in [0.25, 0.3) is 0 Å². The van der Waals surface area contributed by atoms with Crippen molar-refractivity contribution in [3.63, 3.8) is 0 Å². The van der Waals surface area contributed by atoms with Crippen molar-refractivity contribution in [1.29, 1.82) is 0 Å². The fourth-order valence-electron chi connectivity index (χ4n) is 2.75. The zero-order valence-electron chi connectivity index (χ0n) is 14.1. The Morgan fingerprint density at radius 3 is 2.57 bits per heavy atom. The summed E-state index contributed by atoms with van der Waals surface area (Å²) in [4.78, 5) is 18.1. The summed E-state index contributed by atoms with van der Waals surface area (Å²) in [5.41, 5.74) is 1.95. The maximum absolute atomic E-state index is 11.6. The molecule has 0 aromatic carbocycles. The van der Waals surface area contributed by atoms with Crippen molar-refractivity contribution in [1.82, 2.24) is 15.4 Å². The Bertz CT molecular complexity index is 531. The van der Waals surface area contributed by atoms with E-state index in [9.17, 15) is 4.79 Å². The van der Waals surface area contributed by atoms with Crippen LogP contribution in [0.25, 0.3) is 0 Å². The van der Waals surface area contributed by atoms with Crippen LogP contribution >= 0.6 is 24.0 Å². The molecule has 1 aromatic rings. The fraction of sp³-hybridized carbons (Fsp3) is 0.667. The lowest BCUT2D eigenvalue weighted by Gasteiger charge is -2.33. The molecule has 0 unspecified atom stereocenters. The highest BCUT2D eigenvalue weighted by molar-refractivity contribution is 14.0. The molecule has 1 saturated heterocycles. The number of likely N-dealkylation sites (tertiary alicyclic amines) is 1. The Labute approximate surface area is 153 Å². The van der Waals surface area contributed by atoms with Crippen molar-refractivity contribution in [2.24, 2.45) is 10.9 Å². The average Bonchev–Trinajstić information content (AvgIpc) is 2.87. The monoisotopic (exact) mass is 436 g/mol. The summed E-state index contributed by atoms with van der Waals surface area (Å²) in [6.07, 6.45) is 1.58. The van der Waals surface area contributed by atoms with E-state index < -0.39 is 0 Å². The number of nitrogens with one attached hydrogen (secondary N) is 1. The van der Waals surface area contributed by atoms with Gasteiger partial charge in [-0.05, 0) is 26.7 Å². The summed E-state index contributed by atoms with van der Waals surface area (Å²) in [6, 6.07) is 0. The number of piperidine rings is 1. The lowest BCUT2D eigenvalue weighted by Crippen LogP contribution is -2.46. The van der Waals surface area contributed by atoms with Gasteiger partial charge < -0.3 is 19.5 Å². The van der Waals surface area contributed by atoms with E-state index in [0.717, 1.165) is 48.9 Å². The number of nitrogens with zero attached hydrogens (tertiary/aromatic N) is 3. The van der Waals surface area contributed by atoms with Crippen molar-refractivity contribution < 1.29 is 14.1 Å². The zero-order valence-corrected chi connectivity index (χ0v) is 16.4. The number of aromatic nitrogens is 1. The number of esters is 1. The number of hydrogen-bond acceptors (Lipinski definition) is 5. The second kappa shape index (κ2) is 9.09. The minimum atomic E-state index is -0.113. The highest BCUT2D eigenvalue weighted by Crippen LogP contribution is 2.19. The molecular weight excluding hydrogens is 411 g/mol. The SMILES string of the molecule is CN=C(NCc1c(C)noc1C)N1CCC(C(=O)OC)CC1.I. The quantitative estimate of drug-likeness (QED) is 0.337. The first-order valence-electron chi connectivity index (χ1n) is 7.52. The van der Waals surface area contributed by atoms with Crippen LogP contribution in [-0.2, 0) is 16.1 Å². The molecule has 0 bridgehead atoms. The van der Waals surface area contributed by atoms with Crippen LogP contribution in [-0.4, -0.2) is 49.2 Å². The second-order valence-corrected chi connectivity index (χ2v) is 5.49. The molecule has 130 valence electrons. The van der Waals surface area contributed by atoms with Crippen molar-refractivity contribution in [3.05, 3.63) is 17.0 Å². The van der Waals surface area contributed by atoms with Crippen molar-refractivity contribution in [3.8, 4) is 0 Å². The molecule has 2 heterocycles. The summed E-state index contributed by atoms with van der Waals surface area (Å²) >= 11 is 0. The van der Waals surface area contributed by atoms with Crippen LogP contribution in [0.3, 0.4) is 0 Å². The van der Waals surface area contributed by atoms with Gasteiger partial charge in [0.2, 0.25) is 0 Å². The molecule has 1 N–H and O–H groups in total. The average molecular weight is 436 g/mol.